The van der Waals surface area contributed by atoms with Gasteiger partial charge in [-0.25, -0.2) is 23.5 Å². The molecule has 3 N–H and O–H groups in total. The maximum atomic E-state index is 13.6. The lowest BCUT2D eigenvalue weighted by atomic mass is 10.1. The standard InChI is InChI=1S/C34H38F2N6O3/c35-26-19-27(36)21-29(20-26)45-18-17-42(15-5-4-10-28-12-11-25-9-6-14-38-33(25)39-28)16-13-30(34(43)44)40-32-23-37-22-31(41-32)24-7-2-1-3-8-24/h1-3,7-8,11-12,19-23,30H,4-6,9-10,13-18H2,(H,38,39)(H,40,41)(H,43,44)/t30-/m0/s1. The molecule has 0 saturated heterocycles. The van der Waals surface area contributed by atoms with Crippen molar-refractivity contribution in [3.05, 3.63) is 95.9 Å². The number of carboxylic acid groups (broad SMARTS) is 1. The molecule has 0 saturated carbocycles. The number of halogens is 2. The van der Waals surface area contributed by atoms with E-state index in [1.807, 2.05) is 30.3 Å². The van der Waals surface area contributed by atoms with Crippen LogP contribution in [0.4, 0.5) is 20.4 Å². The Balaban J connectivity index is 1.18. The number of benzene rings is 2. The van der Waals surface area contributed by atoms with E-state index in [4.69, 9.17) is 9.72 Å². The Labute approximate surface area is 261 Å². The van der Waals surface area contributed by atoms with E-state index in [0.717, 1.165) is 73.9 Å². The van der Waals surface area contributed by atoms with E-state index in [9.17, 15) is 18.7 Å². The van der Waals surface area contributed by atoms with E-state index in [2.05, 4.69) is 37.6 Å². The van der Waals surface area contributed by atoms with Gasteiger partial charge in [0.05, 0.1) is 18.1 Å². The number of nitrogens with zero attached hydrogens (tertiary/aromatic N) is 4. The van der Waals surface area contributed by atoms with Gasteiger partial charge in [0.15, 0.2) is 0 Å². The molecule has 236 valence electrons. The van der Waals surface area contributed by atoms with Gasteiger partial charge in [-0.1, -0.05) is 36.4 Å². The zero-order valence-electron chi connectivity index (χ0n) is 25.1. The van der Waals surface area contributed by atoms with Crippen LogP contribution in [0.2, 0.25) is 0 Å². The maximum Gasteiger partial charge on any atom is 0.326 e. The molecule has 5 rings (SSSR count). The number of carboxylic acids is 1. The molecule has 0 radical (unpaired) electrons. The third-order valence-electron chi connectivity index (χ3n) is 7.68. The van der Waals surface area contributed by atoms with Crippen LogP contribution in [0.15, 0.2) is 73.1 Å². The second-order valence-electron chi connectivity index (χ2n) is 11.1. The Bertz CT molecular complexity index is 1540. The highest BCUT2D eigenvalue weighted by Gasteiger charge is 2.20. The van der Waals surface area contributed by atoms with Crippen molar-refractivity contribution in [2.75, 3.05) is 43.4 Å². The Morgan fingerprint density at radius 3 is 2.62 bits per heavy atom. The van der Waals surface area contributed by atoms with E-state index in [1.165, 1.54) is 11.8 Å². The van der Waals surface area contributed by atoms with E-state index in [0.29, 0.717) is 37.6 Å². The predicted octanol–water partition coefficient (Wildman–Crippen LogP) is 5.83. The van der Waals surface area contributed by atoms with Crippen molar-refractivity contribution in [1.82, 2.24) is 19.9 Å². The lowest BCUT2D eigenvalue weighted by molar-refractivity contribution is -0.138. The van der Waals surface area contributed by atoms with Crippen LogP contribution in [0.3, 0.4) is 0 Å². The minimum absolute atomic E-state index is 0.112. The van der Waals surface area contributed by atoms with Crippen LogP contribution in [-0.4, -0.2) is 69.8 Å². The molecule has 2 aromatic carbocycles. The van der Waals surface area contributed by atoms with Crippen LogP contribution in [0.5, 0.6) is 5.75 Å². The number of ether oxygens (including phenoxy) is 1. The molecule has 0 fully saturated rings. The summed E-state index contributed by atoms with van der Waals surface area (Å²) in [5.41, 5.74) is 3.82. The molecule has 1 atom stereocenters. The first-order valence-electron chi connectivity index (χ1n) is 15.3. The van der Waals surface area contributed by atoms with Gasteiger partial charge < -0.3 is 20.5 Å². The van der Waals surface area contributed by atoms with Gasteiger partial charge in [0.2, 0.25) is 0 Å². The Morgan fingerprint density at radius 1 is 1.00 bits per heavy atom. The summed E-state index contributed by atoms with van der Waals surface area (Å²) in [6, 6.07) is 16.0. The zero-order valence-corrected chi connectivity index (χ0v) is 25.1. The summed E-state index contributed by atoms with van der Waals surface area (Å²) >= 11 is 0. The van der Waals surface area contributed by atoms with Crippen molar-refractivity contribution in [3.63, 3.8) is 0 Å². The molecule has 1 aliphatic rings. The molecule has 9 nitrogen and oxygen atoms in total. The van der Waals surface area contributed by atoms with Crippen LogP contribution in [0.1, 0.15) is 36.9 Å². The first-order chi connectivity index (χ1) is 21.9. The predicted molar refractivity (Wildman–Crippen MR) is 169 cm³/mol. The number of hydrogen-bond acceptors (Lipinski definition) is 8. The van der Waals surface area contributed by atoms with Crippen molar-refractivity contribution in [2.45, 2.75) is 44.6 Å². The molecule has 0 spiro atoms. The highest BCUT2D eigenvalue weighted by molar-refractivity contribution is 5.77. The molecule has 3 heterocycles. The minimum atomic E-state index is -1.000. The fraction of sp³-hybridized carbons (Fsp3) is 0.353. The molecule has 4 aromatic rings. The van der Waals surface area contributed by atoms with Crippen LogP contribution in [0.25, 0.3) is 11.3 Å². The molecule has 0 unspecified atom stereocenters. The van der Waals surface area contributed by atoms with Gasteiger partial charge in [0.25, 0.3) is 0 Å². The van der Waals surface area contributed by atoms with E-state index >= 15 is 0 Å². The highest BCUT2D eigenvalue weighted by Crippen LogP contribution is 2.21. The summed E-state index contributed by atoms with van der Waals surface area (Å²) in [6.07, 6.45) is 8.20. The zero-order chi connectivity index (χ0) is 31.4. The van der Waals surface area contributed by atoms with Crippen LogP contribution < -0.4 is 15.4 Å². The third kappa shape index (κ3) is 9.67. The van der Waals surface area contributed by atoms with Gasteiger partial charge >= 0.3 is 5.97 Å². The average molecular weight is 617 g/mol. The van der Waals surface area contributed by atoms with Crippen molar-refractivity contribution in [3.8, 4) is 17.0 Å². The SMILES string of the molecule is O=C(O)[C@H](CCN(CCCCc1ccc2c(n1)NCCC2)CCOc1cc(F)cc(F)c1)Nc1cncc(-c2ccccc2)n1. The summed E-state index contributed by atoms with van der Waals surface area (Å²) in [7, 11) is 0. The van der Waals surface area contributed by atoms with Gasteiger partial charge in [-0.3, -0.25) is 9.88 Å². The van der Waals surface area contributed by atoms with E-state index in [1.54, 1.807) is 6.20 Å². The Morgan fingerprint density at radius 2 is 1.82 bits per heavy atom. The second-order valence-corrected chi connectivity index (χ2v) is 11.1. The number of unbranched alkanes of at least 4 members (excludes halogenated alkanes) is 1. The summed E-state index contributed by atoms with van der Waals surface area (Å²) in [4.78, 5) is 27.9. The molecule has 0 aliphatic carbocycles. The minimum Gasteiger partial charge on any atom is -0.492 e. The number of carbonyl (C=O) groups is 1. The second kappa shape index (κ2) is 15.9. The maximum absolute atomic E-state index is 13.6. The number of nitrogens with one attached hydrogen (secondary N) is 2. The molecular weight excluding hydrogens is 578 g/mol. The van der Waals surface area contributed by atoms with Gasteiger partial charge in [0.1, 0.15) is 41.7 Å². The van der Waals surface area contributed by atoms with Crippen molar-refractivity contribution < 1.29 is 23.4 Å². The van der Waals surface area contributed by atoms with Gasteiger partial charge in [-0.2, -0.15) is 0 Å². The molecule has 11 heteroatoms. The molecule has 0 amide bonds. The fourth-order valence-electron chi connectivity index (χ4n) is 5.32. The van der Waals surface area contributed by atoms with E-state index < -0.39 is 23.6 Å². The van der Waals surface area contributed by atoms with Crippen LogP contribution in [0, 0.1) is 11.6 Å². The van der Waals surface area contributed by atoms with E-state index in [-0.39, 0.29) is 12.4 Å². The summed E-state index contributed by atoms with van der Waals surface area (Å²) in [5.74, 6) is -0.941. The topological polar surface area (TPSA) is 112 Å². The van der Waals surface area contributed by atoms with Gasteiger partial charge in [-0.15, -0.1) is 0 Å². The summed E-state index contributed by atoms with van der Waals surface area (Å²) < 4.78 is 32.9. The number of aromatic nitrogens is 3. The fourth-order valence-corrected chi connectivity index (χ4v) is 5.32. The lowest BCUT2D eigenvalue weighted by Gasteiger charge is -2.25. The number of aliphatic carboxylic acids is 1. The Kier molecular flexibility index (Phi) is 11.2. The average Bonchev–Trinajstić information content (AvgIpc) is 3.04. The Hall–Kier alpha value is -4.64. The molecule has 45 heavy (non-hydrogen) atoms. The van der Waals surface area contributed by atoms with Crippen molar-refractivity contribution >= 4 is 17.6 Å². The van der Waals surface area contributed by atoms with Gasteiger partial charge in [0, 0.05) is 49.1 Å². The van der Waals surface area contributed by atoms with Crippen molar-refractivity contribution in [1.29, 1.82) is 0 Å². The lowest BCUT2D eigenvalue weighted by Crippen LogP contribution is -2.37. The monoisotopic (exact) mass is 616 g/mol. The van der Waals surface area contributed by atoms with Crippen LogP contribution >= 0.6 is 0 Å². The number of aryl methyl sites for hydroxylation is 2. The van der Waals surface area contributed by atoms with Gasteiger partial charge in [-0.05, 0) is 56.7 Å². The number of pyridine rings is 1. The molecular formula is C34H38F2N6O3. The number of anilines is 2. The molecule has 1 aliphatic heterocycles. The summed E-state index contributed by atoms with van der Waals surface area (Å²) in [5, 5.41) is 16.4. The first-order valence-corrected chi connectivity index (χ1v) is 15.3. The smallest absolute Gasteiger partial charge is 0.326 e. The number of hydrogen-bond donors (Lipinski definition) is 3. The third-order valence-corrected chi connectivity index (χ3v) is 7.68. The quantitative estimate of drug-likeness (QED) is 0.134. The molecule has 0 bridgehead atoms. The number of fused-ring (bicyclic) bond motifs is 1. The highest BCUT2D eigenvalue weighted by atomic mass is 19.1. The van der Waals surface area contributed by atoms with Crippen molar-refractivity contribution in [2.24, 2.45) is 0 Å². The number of rotatable bonds is 16. The molecule has 2 aromatic heterocycles. The first kappa shape index (κ1) is 31.8. The normalized spacial score (nSPS) is 13.1. The summed E-state index contributed by atoms with van der Waals surface area (Å²) in [6.45, 7) is 2.74. The largest absolute Gasteiger partial charge is 0.492 e. The van der Waals surface area contributed by atoms with Crippen LogP contribution in [-0.2, 0) is 17.6 Å².